The van der Waals surface area contributed by atoms with E-state index in [1.165, 1.54) is 33.4 Å². The maximum absolute atomic E-state index is 6.10. The fraction of sp³-hybridized carbons (Fsp3) is 0.125. The van der Waals surface area contributed by atoms with Crippen molar-refractivity contribution >= 4 is 87.8 Å². The van der Waals surface area contributed by atoms with Crippen molar-refractivity contribution < 1.29 is 98.1 Å². The third-order valence-corrected chi connectivity index (χ3v) is 23.9. The second-order valence-corrected chi connectivity index (χ2v) is 35.2. The van der Waals surface area contributed by atoms with E-state index in [9.17, 15) is 0 Å². The average Bonchev–Trinajstić information content (AvgIpc) is 1.63. The monoisotopic (exact) mass is 2590 g/mol. The predicted molar refractivity (Wildman–Crippen MR) is 572 cm³/mol. The molecule has 0 N–H and O–H groups in total. The second kappa shape index (κ2) is 51.5. The summed E-state index contributed by atoms with van der Waals surface area (Å²) in [5.41, 5.74) is 32.6. The van der Waals surface area contributed by atoms with E-state index >= 15 is 0 Å². The van der Waals surface area contributed by atoms with Gasteiger partial charge in [0, 0.05) is 152 Å². The van der Waals surface area contributed by atoms with Crippen LogP contribution in [0.2, 0.25) is 0 Å². The van der Waals surface area contributed by atoms with E-state index < -0.39 is 0 Å². The van der Waals surface area contributed by atoms with Gasteiger partial charge in [0.1, 0.15) is 22.3 Å². The first kappa shape index (κ1) is 107. The Bertz CT molecular complexity index is 7840. The third kappa shape index (κ3) is 26.2. The van der Waals surface area contributed by atoms with Gasteiger partial charge in [-0.1, -0.05) is 256 Å². The molecule has 724 valence electrons. The zero-order chi connectivity index (χ0) is 96.8. The van der Waals surface area contributed by atoms with Crippen LogP contribution in [0.5, 0.6) is 0 Å². The van der Waals surface area contributed by atoms with E-state index in [-0.39, 0.29) is 80.4 Å². The Morgan fingerprint density at radius 1 is 0.201 bits per heavy atom. The van der Waals surface area contributed by atoms with E-state index in [0.717, 1.165) is 189 Å². The number of aromatic nitrogens is 8. The number of para-hydroxylation sites is 2. The molecule has 0 spiro atoms. The molecule has 24 aromatic rings. The Labute approximate surface area is 896 Å². The van der Waals surface area contributed by atoms with Crippen LogP contribution >= 0.6 is 0 Å². The standard InChI is InChI=1S/4C18H12NO.4C14H14N.4Ir/c1-12-6-5-11-19-17(12)15-9-4-8-14-13-7-2-3-10-16(13)20-18(14)15;1-12-6-4-7-13-14-8-5-9-15(18(14)20-17(12)13)16-10-2-3-11-19-16;1-12-8-9-13-14-5-4-6-15(16-7-2-3-10-19-16)18(14)20-17(13)11-12;1-12-8-9-17-15(11-12)13-5-4-6-14(18(13)20-17)16-7-2-3-10-19-16;4*1-11(2)12-6-5-7-13(10-12)14-8-3-4-9-15-14;;;;/h2*2-8,10-11H,1H3;2*2-5,7-11H,1H3;4*3-6,8-11H,1-2H3;;;;/q8*-1;;;;. The van der Waals surface area contributed by atoms with E-state index in [0.29, 0.717) is 23.7 Å². The summed E-state index contributed by atoms with van der Waals surface area (Å²) < 4.78 is 24.2. The largest absolute Gasteiger partial charge is 0.501 e. The zero-order valence-corrected chi connectivity index (χ0v) is 91.4. The van der Waals surface area contributed by atoms with Crippen LogP contribution in [0, 0.1) is 76.2 Å². The molecule has 0 amide bonds. The van der Waals surface area contributed by atoms with Crippen molar-refractivity contribution in [2.24, 2.45) is 0 Å². The molecule has 0 unspecified atom stereocenters. The van der Waals surface area contributed by atoms with Gasteiger partial charge in [-0.2, -0.15) is 0 Å². The first-order valence-corrected chi connectivity index (χ1v) is 47.1. The van der Waals surface area contributed by atoms with Gasteiger partial charge in [0.25, 0.3) is 0 Å². The Morgan fingerprint density at radius 2 is 0.493 bits per heavy atom. The van der Waals surface area contributed by atoms with E-state index in [2.05, 4.69) is 281 Å². The first-order chi connectivity index (χ1) is 68.4. The summed E-state index contributed by atoms with van der Waals surface area (Å²) in [5.74, 6) is 2.17. The summed E-state index contributed by atoms with van der Waals surface area (Å²) in [4.78, 5) is 34.9. The third-order valence-electron chi connectivity index (χ3n) is 23.9. The Hall–Kier alpha value is -14.4. The van der Waals surface area contributed by atoms with Crippen LogP contribution in [-0.2, 0) is 80.4 Å². The number of rotatable bonds is 12. The molecule has 12 aromatic heterocycles. The molecule has 0 aliphatic rings. The first-order valence-electron chi connectivity index (χ1n) is 47.1. The molecule has 144 heavy (non-hydrogen) atoms. The number of aryl methyl sites for hydroxylation is 4. The minimum atomic E-state index is 0. The summed E-state index contributed by atoms with van der Waals surface area (Å²) in [7, 11) is 0. The Kier molecular flexibility index (Phi) is 38.3. The second-order valence-electron chi connectivity index (χ2n) is 35.2. The molecule has 0 saturated heterocycles. The van der Waals surface area contributed by atoms with Gasteiger partial charge < -0.3 is 57.5 Å². The smallest absolute Gasteiger partial charge is 0.123 e. The molecule has 0 atom stereocenters. The van der Waals surface area contributed by atoms with Crippen LogP contribution in [0.15, 0.2) is 407 Å². The van der Waals surface area contributed by atoms with E-state index in [1.54, 1.807) is 24.8 Å². The van der Waals surface area contributed by atoms with Crippen LogP contribution in [0.4, 0.5) is 0 Å². The van der Waals surface area contributed by atoms with Gasteiger partial charge in [-0.25, -0.2) is 0 Å². The van der Waals surface area contributed by atoms with Crippen LogP contribution < -0.4 is 0 Å². The van der Waals surface area contributed by atoms with E-state index in [1.807, 2.05) is 255 Å². The summed E-state index contributed by atoms with van der Waals surface area (Å²) in [5, 5.41) is 9.01. The van der Waals surface area contributed by atoms with Crippen molar-refractivity contribution in [3.8, 4) is 90.1 Å². The van der Waals surface area contributed by atoms with Gasteiger partial charge in [-0.05, 0) is 181 Å². The van der Waals surface area contributed by atoms with Crippen molar-refractivity contribution in [3.05, 3.63) is 482 Å². The summed E-state index contributed by atoms with van der Waals surface area (Å²) in [6.07, 6.45) is 14.4. The molecule has 0 aliphatic carbocycles. The number of hydrogen-bond donors (Lipinski definition) is 0. The maximum Gasteiger partial charge on any atom is 0.123 e. The number of fused-ring (bicyclic) bond motifs is 12. The Balaban J connectivity index is 0.000000138. The van der Waals surface area contributed by atoms with Crippen molar-refractivity contribution in [3.63, 3.8) is 0 Å². The minimum absolute atomic E-state index is 0. The molecule has 12 aromatic carbocycles. The Morgan fingerprint density at radius 3 is 0.882 bits per heavy atom. The SMILES string of the molecule is CC(C)c1cc[c-]c(-c2ccccn2)c1.CC(C)c1cc[c-]c(-c2ccccn2)c1.CC(C)c1cc[c-]c(-c2ccccn2)c1.CC(C)c1cc[c-]c(-c2ccccn2)c1.Cc1ccc2c(c1)oc1c(-c3ccccn3)[c-]ccc12.Cc1ccc2oc3c(-c4ccccn4)[c-]ccc3c2c1.Cc1cccc2c1oc1c(-c3ccccn3)[c-]ccc12.Cc1cccnc1-c1[c-]ccc2c1oc1ccccc12.[Ir].[Ir].[Ir].[Ir]. The van der Waals surface area contributed by atoms with Crippen molar-refractivity contribution in [1.82, 2.24) is 39.9 Å². The molecule has 12 heterocycles. The van der Waals surface area contributed by atoms with Gasteiger partial charge in [0.05, 0.1) is 22.3 Å². The van der Waals surface area contributed by atoms with Gasteiger partial charge in [-0.15, -0.1) is 214 Å². The summed E-state index contributed by atoms with van der Waals surface area (Å²) in [6.45, 7) is 25.8. The molecule has 0 saturated carbocycles. The molecule has 24 rings (SSSR count). The molecule has 0 aliphatic heterocycles. The fourth-order valence-electron chi connectivity index (χ4n) is 16.4. The fourth-order valence-corrected chi connectivity index (χ4v) is 16.4. The van der Waals surface area contributed by atoms with Crippen LogP contribution in [-0.4, -0.2) is 39.9 Å². The number of hydrogen-bond acceptors (Lipinski definition) is 12. The van der Waals surface area contributed by atoms with Crippen LogP contribution in [0.25, 0.3) is 178 Å². The molecule has 4 radical (unpaired) electrons. The topological polar surface area (TPSA) is 156 Å². The van der Waals surface area contributed by atoms with Gasteiger partial charge in [0.15, 0.2) is 0 Å². The van der Waals surface area contributed by atoms with Crippen molar-refractivity contribution in [2.45, 2.75) is 107 Å². The molecule has 16 heteroatoms. The van der Waals surface area contributed by atoms with Gasteiger partial charge in [0.2, 0.25) is 0 Å². The number of furan rings is 4. The van der Waals surface area contributed by atoms with Gasteiger partial charge in [-0.3, -0.25) is 0 Å². The van der Waals surface area contributed by atoms with E-state index in [4.69, 9.17) is 17.7 Å². The number of benzene rings is 12. The van der Waals surface area contributed by atoms with Crippen LogP contribution in [0.1, 0.15) is 124 Å². The minimum Gasteiger partial charge on any atom is -0.501 e. The molecule has 0 bridgehead atoms. The quantitative estimate of drug-likeness (QED) is 0.107. The number of pyridine rings is 8. The summed E-state index contributed by atoms with van der Waals surface area (Å²) in [6, 6.07) is 139. The van der Waals surface area contributed by atoms with Crippen LogP contribution in [0.3, 0.4) is 0 Å². The zero-order valence-electron chi connectivity index (χ0n) is 81.8. The summed E-state index contributed by atoms with van der Waals surface area (Å²) >= 11 is 0. The molecular weight excluding hydrogens is 2480 g/mol. The maximum atomic E-state index is 6.10. The van der Waals surface area contributed by atoms with Gasteiger partial charge >= 0.3 is 0 Å². The molecule has 12 nitrogen and oxygen atoms in total. The van der Waals surface area contributed by atoms with Crippen molar-refractivity contribution in [1.29, 1.82) is 0 Å². The molecule has 0 fully saturated rings. The number of nitrogens with zero attached hydrogens (tertiary/aromatic N) is 8. The normalized spacial score (nSPS) is 10.7. The predicted octanol–water partition coefficient (Wildman–Crippen LogP) is 33.7. The molecular formula is C128H104Ir4N8O4-8. The van der Waals surface area contributed by atoms with Crippen molar-refractivity contribution in [2.75, 3.05) is 0 Å². The average molecular weight is 2590 g/mol.